The van der Waals surface area contributed by atoms with Crippen LogP contribution in [0.1, 0.15) is 102 Å². The molecule has 1 unspecified atom stereocenters. The Balaban J connectivity index is 0.772. The SMILES string of the molecule is Cc1c(OCCC(F)(F)C2CCN(CC(=O)Nc3cccc4c(C5CCC(=O)NC5=O)nn(C)c34)CC2)cccc1-c1ccc(N2CCc3cccc(C(=O)Nc4nc5ccccc5s4)c3C2)nc1C(=O)OC(C)(C)C. The maximum absolute atomic E-state index is 15.9. The summed E-state index contributed by atoms with van der Waals surface area (Å²) < 4.78 is 46.4. The molecule has 3 N–H and O–H groups in total. The van der Waals surface area contributed by atoms with Crippen molar-refractivity contribution in [2.75, 3.05) is 48.3 Å². The fourth-order valence-corrected chi connectivity index (χ4v) is 11.4. The number of esters is 1. The lowest BCUT2D eigenvalue weighted by Gasteiger charge is -2.35. The molecule has 2 saturated heterocycles. The van der Waals surface area contributed by atoms with Crippen LogP contribution in [-0.4, -0.2) is 98.6 Å². The zero-order valence-electron chi connectivity index (χ0n) is 43.0. The van der Waals surface area contributed by atoms with Crippen LogP contribution in [0.5, 0.6) is 5.75 Å². The first kappa shape index (κ1) is 51.8. The number of carbonyl (C=O) groups excluding carboxylic acids is 5. The number of anilines is 3. The Morgan fingerprint density at radius 3 is 2.41 bits per heavy atom. The number of rotatable bonds is 14. The van der Waals surface area contributed by atoms with Crippen LogP contribution in [0.25, 0.3) is 32.2 Å². The van der Waals surface area contributed by atoms with Crippen LogP contribution in [-0.2, 0) is 39.1 Å². The summed E-state index contributed by atoms with van der Waals surface area (Å²) in [7, 11) is 1.73. The van der Waals surface area contributed by atoms with Gasteiger partial charge in [0.05, 0.1) is 46.2 Å². The average molecular weight is 1050 g/mol. The van der Waals surface area contributed by atoms with Crippen LogP contribution in [0.3, 0.4) is 0 Å². The number of aryl methyl sites for hydroxylation is 1. The zero-order chi connectivity index (χ0) is 53.5. The van der Waals surface area contributed by atoms with Crippen molar-refractivity contribution >= 4 is 78.7 Å². The van der Waals surface area contributed by atoms with Gasteiger partial charge in [-0.05, 0) is 131 Å². The van der Waals surface area contributed by atoms with Crippen molar-refractivity contribution in [1.29, 1.82) is 0 Å². The molecule has 0 radical (unpaired) electrons. The number of pyridine rings is 1. The number of halogens is 2. The molecule has 4 amide bonds. The van der Waals surface area contributed by atoms with E-state index >= 15 is 8.78 Å². The first-order valence-electron chi connectivity index (χ1n) is 25.6. The van der Waals surface area contributed by atoms with Gasteiger partial charge in [0.15, 0.2) is 10.8 Å². The normalized spacial score (nSPS) is 16.6. The van der Waals surface area contributed by atoms with Gasteiger partial charge in [-0.15, -0.1) is 0 Å². The quantitative estimate of drug-likeness (QED) is 0.0692. The predicted molar refractivity (Wildman–Crippen MR) is 287 cm³/mol. The molecule has 3 aromatic heterocycles. The molecular weight excluding hydrogens is 993 g/mol. The molecule has 3 aliphatic heterocycles. The molecule has 7 aromatic rings. The van der Waals surface area contributed by atoms with E-state index in [1.165, 1.54) is 11.3 Å². The molecule has 3 aliphatic rings. The number of piperidine rings is 2. The number of aromatic nitrogens is 4. The summed E-state index contributed by atoms with van der Waals surface area (Å²) in [5, 5.41) is 14.1. The van der Waals surface area contributed by atoms with Crippen molar-refractivity contribution < 1.29 is 42.2 Å². The van der Waals surface area contributed by atoms with Crippen LogP contribution >= 0.6 is 11.3 Å². The molecule has 0 saturated carbocycles. The highest BCUT2D eigenvalue weighted by molar-refractivity contribution is 7.22. The monoisotopic (exact) mass is 1050 g/mol. The van der Waals surface area contributed by atoms with Gasteiger partial charge in [0, 0.05) is 55.4 Å². The molecule has 0 aliphatic carbocycles. The van der Waals surface area contributed by atoms with Gasteiger partial charge < -0.3 is 19.7 Å². The number of nitrogens with one attached hydrogen (secondary N) is 3. The van der Waals surface area contributed by atoms with Gasteiger partial charge in [-0.25, -0.2) is 23.5 Å². The number of imide groups is 1. The molecule has 1 atom stereocenters. The minimum absolute atomic E-state index is 0.0138. The number of thiazole rings is 1. The van der Waals surface area contributed by atoms with Crippen molar-refractivity contribution in [3.63, 3.8) is 0 Å². The summed E-state index contributed by atoms with van der Waals surface area (Å²) in [5.74, 6) is -5.51. The fraction of sp³-hybridized carbons (Fsp3) is 0.368. The predicted octanol–water partition coefficient (Wildman–Crippen LogP) is 9.60. The summed E-state index contributed by atoms with van der Waals surface area (Å²) in [6.07, 6.45) is 1.08. The number of fused-ring (bicyclic) bond motifs is 3. The zero-order valence-corrected chi connectivity index (χ0v) is 43.8. The maximum Gasteiger partial charge on any atom is 0.358 e. The van der Waals surface area contributed by atoms with E-state index in [1.807, 2.05) is 77.4 Å². The molecule has 19 heteroatoms. The van der Waals surface area contributed by atoms with E-state index in [0.29, 0.717) is 100 Å². The third-order valence-electron chi connectivity index (χ3n) is 14.4. The minimum atomic E-state index is -3.03. The summed E-state index contributed by atoms with van der Waals surface area (Å²) in [5.41, 5.74) is 5.95. The average Bonchev–Trinajstić information content (AvgIpc) is 3.99. The maximum atomic E-state index is 15.9. The summed E-state index contributed by atoms with van der Waals surface area (Å²) in [6.45, 7) is 8.51. The van der Waals surface area contributed by atoms with Gasteiger partial charge in [0.1, 0.15) is 17.2 Å². The van der Waals surface area contributed by atoms with Gasteiger partial charge in [-0.2, -0.15) is 5.10 Å². The number of hydrogen-bond donors (Lipinski definition) is 3. The molecule has 0 bridgehead atoms. The number of amides is 4. The van der Waals surface area contributed by atoms with Gasteiger partial charge >= 0.3 is 5.97 Å². The topological polar surface area (TPSA) is 190 Å². The van der Waals surface area contributed by atoms with Crippen molar-refractivity contribution in [2.24, 2.45) is 13.0 Å². The van der Waals surface area contributed by atoms with E-state index in [9.17, 15) is 24.0 Å². The summed E-state index contributed by atoms with van der Waals surface area (Å²) in [6, 6.07) is 27.7. The van der Waals surface area contributed by atoms with Crippen molar-refractivity contribution in [2.45, 2.75) is 90.2 Å². The lowest BCUT2D eigenvalue weighted by atomic mass is 9.89. The van der Waals surface area contributed by atoms with Gasteiger partial charge in [-0.1, -0.05) is 59.9 Å². The first-order chi connectivity index (χ1) is 36.4. The first-order valence-corrected chi connectivity index (χ1v) is 26.4. The molecule has 6 heterocycles. The minimum Gasteiger partial charge on any atom is -0.493 e. The Hall–Kier alpha value is -7.64. The Labute approximate surface area is 442 Å². The van der Waals surface area contributed by atoms with E-state index in [2.05, 4.69) is 26.0 Å². The standard InChI is InChI=1S/C57H59F2N9O7S/c1-33-36(37-19-21-46(62-50(37)54(73)75-56(2,3)4)68-29-23-34-11-8-13-38(41(34)31-68)52(71)64-55-61-42-15-6-7-18-45(42)76-55)12-10-17-44(33)74-30-26-57(58,59)35-24-27-67(28-25-35)32-48(70)60-43-16-9-14-39-49(65-66(5)51(39)43)40-20-22-47(69)63-53(40)72/h6-19,21,35,40H,20,22-32H2,1-5H3,(H,60,70)(H,61,64,71)(H,63,69,72). The van der Waals surface area contributed by atoms with Crippen LogP contribution in [0.4, 0.5) is 25.4 Å². The molecule has 4 aromatic carbocycles. The van der Waals surface area contributed by atoms with Crippen molar-refractivity contribution in [1.82, 2.24) is 30.0 Å². The second-order valence-electron chi connectivity index (χ2n) is 20.7. The van der Waals surface area contributed by atoms with E-state index in [4.69, 9.17) is 14.5 Å². The van der Waals surface area contributed by atoms with Crippen molar-refractivity contribution in [3.8, 4) is 16.9 Å². The van der Waals surface area contributed by atoms with Crippen molar-refractivity contribution in [3.05, 3.63) is 125 Å². The lowest BCUT2D eigenvalue weighted by Crippen LogP contribution is -2.44. The van der Waals surface area contributed by atoms with E-state index in [0.717, 1.165) is 21.3 Å². The number of benzene rings is 4. The number of carbonyl (C=O) groups is 5. The van der Waals surface area contributed by atoms with Crippen LogP contribution in [0.15, 0.2) is 91.0 Å². The fourth-order valence-electron chi connectivity index (χ4n) is 10.6. The molecule has 0 spiro atoms. The van der Waals surface area contributed by atoms with Crippen LogP contribution in [0, 0.1) is 12.8 Å². The molecule has 76 heavy (non-hydrogen) atoms. The highest BCUT2D eigenvalue weighted by Crippen LogP contribution is 2.39. The summed E-state index contributed by atoms with van der Waals surface area (Å²) in [4.78, 5) is 79.0. The van der Waals surface area contributed by atoms with Gasteiger partial charge in [0.25, 0.3) is 11.8 Å². The van der Waals surface area contributed by atoms with E-state index < -0.39 is 41.7 Å². The number of hydrogen-bond acceptors (Lipinski definition) is 13. The second-order valence-corrected chi connectivity index (χ2v) is 21.8. The smallest absolute Gasteiger partial charge is 0.358 e. The second kappa shape index (κ2) is 21.2. The van der Waals surface area contributed by atoms with Crippen LogP contribution in [0.2, 0.25) is 0 Å². The van der Waals surface area contributed by atoms with E-state index in [1.54, 1.807) is 62.8 Å². The Morgan fingerprint density at radius 1 is 0.855 bits per heavy atom. The molecule has 16 nitrogen and oxygen atoms in total. The Morgan fingerprint density at radius 2 is 1.63 bits per heavy atom. The van der Waals surface area contributed by atoms with E-state index in [-0.39, 0.29) is 55.8 Å². The third kappa shape index (κ3) is 11.0. The molecular formula is C57H59F2N9O7S. The number of alkyl halides is 2. The molecule has 10 rings (SSSR count). The van der Waals surface area contributed by atoms with Gasteiger partial charge in [-0.3, -0.25) is 39.4 Å². The third-order valence-corrected chi connectivity index (χ3v) is 15.3. The largest absolute Gasteiger partial charge is 0.493 e. The Bertz CT molecular complexity index is 3380. The van der Waals surface area contributed by atoms with Crippen LogP contribution < -0.4 is 25.6 Å². The summed E-state index contributed by atoms with van der Waals surface area (Å²) >= 11 is 1.41. The molecule has 2 fully saturated rings. The number of para-hydroxylation sites is 2. The Kier molecular flexibility index (Phi) is 14.4. The number of nitrogens with zero attached hydrogens (tertiary/aromatic N) is 6. The highest BCUT2D eigenvalue weighted by atomic mass is 32.1. The molecule has 394 valence electrons. The lowest BCUT2D eigenvalue weighted by molar-refractivity contribution is -0.134. The van der Waals surface area contributed by atoms with Gasteiger partial charge in [0.2, 0.25) is 17.7 Å². The number of likely N-dealkylation sites (tertiary alicyclic amines) is 1. The number of ether oxygens (including phenoxy) is 2. The highest BCUT2D eigenvalue weighted by Gasteiger charge is 2.41.